The van der Waals surface area contributed by atoms with Crippen molar-refractivity contribution in [3.05, 3.63) is 262 Å². The van der Waals surface area contributed by atoms with Gasteiger partial charge < -0.3 is 19.6 Å². The molecule has 0 radical (unpaired) electrons. The number of benzene rings is 8. The smallest absolute Gasteiger partial charge is 0.261 e. The van der Waals surface area contributed by atoms with Gasteiger partial charge in [-0.1, -0.05) is 158 Å². The Hall–Kier alpha value is -8.22. The average Bonchev–Trinajstić information content (AvgIpc) is 3.78. The minimum Gasteiger partial charge on any atom is -0.310 e. The Balaban J connectivity index is 1.14. The number of carbonyl (C=O) groups excluding carboxylic acids is 2. The molecule has 8 aromatic carbocycles. The van der Waals surface area contributed by atoms with E-state index < -0.39 is 0 Å². The Labute approximate surface area is 387 Å². The van der Waals surface area contributed by atoms with Crippen LogP contribution in [0.25, 0.3) is 11.4 Å². The average molecular weight is 859 g/mol. The minimum atomic E-state index is -0.196. The maximum Gasteiger partial charge on any atom is 0.261 e. The fourth-order valence-electron chi connectivity index (χ4n) is 9.44. The van der Waals surface area contributed by atoms with Crippen molar-refractivity contribution in [2.45, 2.75) is 40.8 Å². The van der Waals surface area contributed by atoms with E-state index in [1.807, 2.05) is 60.7 Å². The molecule has 2 aliphatic rings. The number of aryl methyl sites for hydroxylation is 4. The second kappa shape index (κ2) is 17.7. The Kier molecular flexibility index (Phi) is 11.2. The minimum absolute atomic E-state index is 0.196. The molecule has 0 N–H and O–H groups in total. The van der Waals surface area contributed by atoms with E-state index in [1.165, 1.54) is 0 Å². The summed E-state index contributed by atoms with van der Waals surface area (Å²) in [4.78, 5) is 38.9. The van der Waals surface area contributed by atoms with E-state index in [0.717, 1.165) is 78.6 Å². The van der Waals surface area contributed by atoms with Crippen molar-refractivity contribution in [1.82, 2.24) is 9.80 Å². The van der Waals surface area contributed by atoms with Crippen molar-refractivity contribution < 1.29 is 9.59 Å². The van der Waals surface area contributed by atoms with Crippen LogP contribution in [0.2, 0.25) is 0 Å². The molecule has 2 amide bonds. The Morgan fingerprint density at radius 1 is 0.333 bits per heavy atom. The summed E-state index contributed by atoms with van der Waals surface area (Å²) >= 11 is 0. The van der Waals surface area contributed by atoms with Gasteiger partial charge >= 0.3 is 0 Å². The molecule has 8 aromatic rings. The van der Waals surface area contributed by atoms with Gasteiger partial charge in [-0.15, -0.1) is 0 Å². The summed E-state index contributed by atoms with van der Waals surface area (Å²) in [5.41, 5.74) is 16.4. The van der Waals surface area contributed by atoms with Gasteiger partial charge in [0.1, 0.15) is 0 Å². The molecule has 2 aliphatic heterocycles. The predicted octanol–water partition coefficient (Wildman–Crippen LogP) is 14.1. The molecule has 2 heterocycles. The van der Waals surface area contributed by atoms with Crippen LogP contribution in [0.1, 0.15) is 44.5 Å². The van der Waals surface area contributed by atoms with Gasteiger partial charge in [0.25, 0.3) is 11.8 Å². The monoisotopic (exact) mass is 858 g/mol. The van der Waals surface area contributed by atoms with Crippen molar-refractivity contribution in [3.8, 4) is 0 Å². The summed E-state index contributed by atoms with van der Waals surface area (Å²) in [7, 11) is 0. The van der Waals surface area contributed by atoms with Gasteiger partial charge in [-0.25, -0.2) is 0 Å². The van der Waals surface area contributed by atoms with Crippen LogP contribution in [-0.2, 0) is 22.7 Å². The zero-order chi connectivity index (χ0) is 45.3. The first-order valence-electron chi connectivity index (χ1n) is 22.5. The summed E-state index contributed by atoms with van der Waals surface area (Å²) in [6.45, 7) is 9.13. The highest BCUT2D eigenvalue weighted by molar-refractivity contribution is 6.30. The van der Waals surface area contributed by atoms with Crippen LogP contribution in [0.5, 0.6) is 0 Å². The standard InChI is InChI=1S/C60H50N4O2/c1-41-19-11-15-27-51(41)63(52-28-16-12-20-42(52)2)49-35-31-47(32-36-49)57-55-56(60(66)61(57)39-45-23-7-5-8-24-45)58(62(59(55)65)40-46-25-9-6-10-26-46)48-33-37-50(38-34-48)64(53-29-17-13-21-43(53)3)54-30-18-14-22-44(54)4/h5-38H,39-40H2,1-4H3. The molecule has 0 saturated carbocycles. The van der Waals surface area contributed by atoms with Crippen molar-refractivity contribution in [3.63, 3.8) is 0 Å². The zero-order valence-corrected chi connectivity index (χ0v) is 37.6. The highest BCUT2D eigenvalue weighted by atomic mass is 16.2. The molecule has 0 saturated heterocycles. The summed E-state index contributed by atoms with van der Waals surface area (Å²) < 4.78 is 0. The molecular formula is C60H50N4O2. The molecule has 0 atom stereocenters. The van der Waals surface area contributed by atoms with Gasteiger partial charge in [0, 0.05) is 34.1 Å². The SMILES string of the molecule is Cc1ccccc1N(c1ccc(C2=C3C(=O)N(Cc4ccccc4)C(c4ccc(N(c5ccccc5C)c5ccccc5C)cc4)=C3C(=O)N2Cc2ccccc2)cc1)c1ccccc1C. The van der Waals surface area contributed by atoms with Crippen molar-refractivity contribution in [2.24, 2.45) is 0 Å². The third kappa shape index (κ3) is 7.66. The number of hydrogen-bond donors (Lipinski definition) is 0. The zero-order valence-electron chi connectivity index (χ0n) is 37.6. The Bertz CT molecular complexity index is 2870. The van der Waals surface area contributed by atoms with Crippen LogP contribution in [0.15, 0.2) is 217 Å². The van der Waals surface area contributed by atoms with E-state index in [4.69, 9.17) is 0 Å². The third-order valence-electron chi connectivity index (χ3n) is 12.8. The first-order valence-corrected chi connectivity index (χ1v) is 22.5. The fraction of sp³-hybridized carbons (Fsp3) is 0.100. The van der Waals surface area contributed by atoms with Crippen LogP contribution >= 0.6 is 0 Å². The molecule has 0 fully saturated rings. The maximum atomic E-state index is 15.4. The summed E-state index contributed by atoms with van der Waals surface area (Å²) in [6, 6.07) is 70.2. The molecule has 6 heteroatoms. The van der Waals surface area contributed by atoms with Crippen LogP contribution in [0.4, 0.5) is 34.1 Å². The third-order valence-corrected chi connectivity index (χ3v) is 12.8. The molecule has 0 unspecified atom stereocenters. The van der Waals surface area contributed by atoms with Crippen molar-refractivity contribution in [2.75, 3.05) is 9.80 Å². The first-order chi connectivity index (χ1) is 32.3. The topological polar surface area (TPSA) is 47.1 Å². The number of para-hydroxylation sites is 4. The molecule has 0 aromatic heterocycles. The second-order valence-corrected chi connectivity index (χ2v) is 17.1. The van der Waals surface area contributed by atoms with Gasteiger partial charge in [-0.3, -0.25) is 9.59 Å². The van der Waals surface area contributed by atoms with E-state index in [1.54, 1.807) is 9.80 Å². The van der Waals surface area contributed by atoms with Crippen LogP contribution in [-0.4, -0.2) is 21.6 Å². The number of hydrogen-bond acceptors (Lipinski definition) is 4. The highest BCUT2D eigenvalue weighted by Gasteiger charge is 2.49. The molecule has 0 spiro atoms. The van der Waals surface area contributed by atoms with Gasteiger partial charge in [-0.2, -0.15) is 0 Å². The summed E-state index contributed by atoms with van der Waals surface area (Å²) in [5.74, 6) is -0.391. The first kappa shape index (κ1) is 41.8. The number of amides is 2. The lowest BCUT2D eigenvalue weighted by molar-refractivity contribution is -0.124. The molecule has 6 nitrogen and oxygen atoms in total. The number of carbonyl (C=O) groups is 2. The molecule has 0 bridgehead atoms. The quantitative estimate of drug-likeness (QED) is 0.123. The fourth-order valence-corrected chi connectivity index (χ4v) is 9.44. The van der Waals surface area contributed by atoms with Gasteiger partial charge in [-0.05, 0) is 121 Å². The lowest BCUT2D eigenvalue weighted by Crippen LogP contribution is -2.29. The van der Waals surface area contributed by atoms with Crippen molar-refractivity contribution in [1.29, 1.82) is 0 Å². The number of anilines is 6. The summed E-state index contributed by atoms with van der Waals surface area (Å²) in [6.07, 6.45) is 0. The van der Waals surface area contributed by atoms with Gasteiger partial charge in [0.2, 0.25) is 0 Å². The van der Waals surface area contributed by atoms with Gasteiger partial charge in [0.15, 0.2) is 0 Å². The van der Waals surface area contributed by atoms with Crippen LogP contribution in [0, 0.1) is 27.7 Å². The predicted molar refractivity (Wildman–Crippen MR) is 269 cm³/mol. The molecule has 66 heavy (non-hydrogen) atoms. The van der Waals surface area contributed by atoms with Gasteiger partial charge in [0.05, 0.1) is 35.6 Å². The lowest BCUT2D eigenvalue weighted by atomic mass is 10.0. The van der Waals surface area contributed by atoms with E-state index in [-0.39, 0.29) is 11.8 Å². The maximum absolute atomic E-state index is 15.4. The largest absolute Gasteiger partial charge is 0.310 e. The van der Waals surface area contributed by atoms with E-state index in [2.05, 4.69) is 183 Å². The Morgan fingerprint density at radius 3 is 0.894 bits per heavy atom. The second-order valence-electron chi connectivity index (χ2n) is 17.1. The van der Waals surface area contributed by atoms with Crippen LogP contribution < -0.4 is 9.80 Å². The molecule has 0 aliphatic carbocycles. The van der Waals surface area contributed by atoms with E-state index >= 15 is 9.59 Å². The Morgan fingerprint density at radius 2 is 0.606 bits per heavy atom. The van der Waals surface area contributed by atoms with E-state index in [0.29, 0.717) is 35.6 Å². The summed E-state index contributed by atoms with van der Waals surface area (Å²) in [5, 5.41) is 0. The highest BCUT2D eigenvalue weighted by Crippen LogP contribution is 2.49. The molecular weight excluding hydrogens is 809 g/mol. The van der Waals surface area contributed by atoms with E-state index in [9.17, 15) is 0 Å². The van der Waals surface area contributed by atoms with Crippen LogP contribution in [0.3, 0.4) is 0 Å². The lowest BCUT2D eigenvalue weighted by Gasteiger charge is -2.29. The normalized spacial score (nSPS) is 13.5. The van der Waals surface area contributed by atoms with Crippen molar-refractivity contribution >= 4 is 57.3 Å². The number of nitrogens with zero attached hydrogens (tertiary/aromatic N) is 4. The molecule has 10 rings (SSSR count). The number of fused-ring (bicyclic) bond motifs is 1. The number of rotatable bonds is 12. The molecule has 322 valence electrons.